The molecule has 0 amide bonds. The summed E-state index contributed by atoms with van der Waals surface area (Å²) >= 11 is 0. The maximum absolute atomic E-state index is 5.93. The highest BCUT2D eigenvalue weighted by molar-refractivity contribution is 5.05. The average molecular weight is 220 g/mol. The monoisotopic (exact) mass is 220 g/mol. The zero-order chi connectivity index (χ0) is 11.6. The minimum absolute atomic E-state index is 0.441. The van der Waals surface area contributed by atoms with Gasteiger partial charge in [0.1, 0.15) is 5.69 Å². The van der Waals surface area contributed by atoms with Crippen molar-refractivity contribution in [1.82, 2.24) is 24.8 Å². The summed E-state index contributed by atoms with van der Waals surface area (Å²) < 4.78 is 3.64. The molecule has 16 heavy (non-hydrogen) atoms. The van der Waals surface area contributed by atoms with Crippen molar-refractivity contribution >= 4 is 0 Å². The van der Waals surface area contributed by atoms with Gasteiger partial charge in [-0.1, -0.05) is 5.21 Å². The molecular formula is C10H16N6. The molecule has 6 heteroatoms. The van der Waals surface area contributed by atoms with Gasteiger partial charge < -0.3 is 5.73 Å². The van der Waals surface area contributed by atoms with E-state index < -0.39 is 5.54 Å². The smallest absolute Gasteiger partial charge is 0.102 e. The topological polar surface area (TPSA) is 74.5 Å². The Kier molecular flexibility index (Phi) is 2.74. The van der Waals surface area contributed by atoms with Gasteiger partial charge in [0, 0.05) is 12.4 Å². The van der Waals surface area contributed by atoms with Crippen LogP contribution >= 0.6 is 0 Å². The first-order valence-corrected chi connectivity index (χ1v) is 5.22. The molecule has 0 radical (unpaired) electrons. The zero-order valence-corrected chi connectivity index (χ0v) is 9.54. The lowest BCUT2D eigenvalue weighted by Crippen LogP contribution is -2.29. The molecule has 2 aromatic heterocycles. The molecule has 0 aliphatic carbocycles. The van der Waals surface area contributed by atoms with Crippen molar-refractivity contribution in [3.05, 3.63) is 30.4 Å². The Hall–Kier alpha value is -1.69. The highest BCUT2D eigenvalue weighted by Crippen LogP contribution is 2.12. The molecule has 0 aliphatic rings. The normalized spacial score (nSPS) is 11.9. The van der Waals surface area contributed by atoms with E-state index in [0.717, 1.165) is 18.8 Å². The minimum Gasteiger partial charge on any atom is -0.320 e. The number of nitrogens with zero attached hydrogens (tertiary/aromatic N) is 5. The summed E-state index contributed by atoms with van der Waals surface area (Å²) in [6.45, 7) is 5.34. The molecule has 0 saturated carbocycles. The third-order valence-corrected chi connectivity index (χ3v) is 2.32. The van der Waals surface area contributed by atoms with Gasteiger partial charge in [0.2, 0.25) is 0 Å². The average Bonchev–Trinajstić information content (AvgIpc) is 2.85. The van der Waals surface area contributed by atoms with Gasteiger partial charge in [-0.2, -0.15) is 5.10 Å². The molecular weight excluding hydrogens is 204 g/mol. The molecule has 0 aliphatic heterocycles. The van der Waals surface area contributed by atoms with E-state index in [1.54, 1.807) is 10.9 Å². The predicted octanol–water partition coefficient (Wildman–Crippen LogP) is 0.369. The first-order chi connectivity index (χ1) is 7.55. The molecule has 6 nitrogen and oxygen atoms in total. The molecule has 0 atom stereocenters. The number of hydrogen-bond acceptors (Lipinski definition) is 4. The Morgan fingerprint density at radius 1 is 1.31 bits per heavy atom. The first-order valence-electron chi connectivity index (χ1n) is 5.22. The van der Waals surface area contributed by atoms with Crippen LogP contribution in [-0.4, -0.2) is 24.8 Å². The van der Waals surface area contributed by atoms with Gasteiger partial charge in [0.05, 0.1) is 24.8 Å². The van der Waals surface area contributed by atoms with Crippen LogP contribution in [0.3, 0.4) is 0 Å². The second kappa shape index (κ2) is 4.05. The third kappa shape index (κ3) is 2.46. The maximum atomic E-state index is 5.93. The van der Waals surface area contributed by atoms with Gasteiger partial charge in [0.15, 0.2) is 0 Å². The van der Waals surface area contributed by atoms with Crippen LogP contribution in [0.5, 0.6) is 0 Å². The number of rotatable bonds is 4. The Labute approximate surface area is 94.1 Å². The lowest BCUT2D eigenvalue weighted by Gasteiger charge is -2.13. The lowest BCUT2D eigenvalue weighted by molar-refractivity contribution is 0.489. The van der Waals surface area contributed by atoms with E-state index in [0.29, 0.717) is 0 Å². The van der Waals surface area contributed by atoms with E-state index >= 15 is 0 Å². The number of nitrogens with two attached hydrogens (primary N) is 1. The number of aryl methyl sites for hydroxylation is 2. The molecule has 0 aromatic carbocycles. The largest absolute Gasteiger partial charge is 0.320 e. The van der Waals surface area contributed by atoms with Crippen molar-refractivity contribution < 1.29 is 0 Å². The highest BCUT2D eigenvalue weighted by atomic mass is 15.4. The van der Waals surface area contributed by atoms with Crippen molar-refractivity contribution in [2.45, 2.75) is 32.5 Å². The SMILES string of the molecule is CC(C)(N)c1cn(CCn2cccn2)nn1. The van der Waals surface area contributed by atoms with E-state index in [1.165, 1.54) is 0 Å². The van der Waals surface area contributed by atoms with Crippen LogP contribution in [0.4, 0.5) is 0 Å². The van der Waals surface area contributed by atoms with E-state index in [9.17, 15) is 0 Å². The lowest BCUT2D eigenvalue weighted by atomic mass is 10.0. The Balaban J connectivity index is 1.98. The Bertz CT molecular complexity index is 436. The molecule has 2 heterocycles. The molecule has 86 valence electrons. The van der Waals surface area contributed by atoms with Crippen LogP contribution in [0.2, 0.25) is 0 Å². The quantitative estimate of drug-likeness (QED) is 0.807. The van der Waals surface area contributed by atoms with Crippen molar-refractivity contribution in [2.75, 3.05) is 0 Å². The summed E-state index contributed by atoms with van der Waals surface area (Å²) in [6.07, 6.45) is 5.56. The molecule has 0 unspecified atom stereocenters. The minimum atomic E-state index is -0.441. The summed E-state index contributed by atoms with van der Waals surface area (Å²) in [5.41, 5.74) is 6.29. The van der Waals surface area contributed by atoms with Crippen molar-refractivity contribution in [2.24, 2.45) is 5.73 Å². The van der Waals surface area contributed by atoms with Gasteiger partial charge in [-0.3, -0.25) is 9.36 Å². The predicted molar refractivity (Wildman–Crippen MR) is 59.5 cm³/mol. The van der Waals surface area contributed by atoms with E-state index in [1.807, 2.05) is 37.0 Å². The summed E-state index contributed by atoms with van der Waals surface area (Å²) in [5, 5.41) is 12.2. The summed E-state index contributed by atoms with van der Waals surface area (Å²) in [7, 11) is 0. The fourth-order valence-electron chi connectivity index (χ4n) is 1.34. The number of hydrogen-bond donors (Lipinski definition) is 1. The molecule has 2 aromatic rings. The van der Waals surface area contributed by atoms with Gasteiger partial charge >= 0.3 is 0 Å². The Morgan fingerprint density at radius 3 is 2.62 bits per heavy atom. The van der Waals surface area contributed by atoms with Gasteiger partial charge in [-0.05, 0) is 19.9 Å². The molecule has 2 N–H and O–H groups in total. The molecule has 0 saturated heterocycles. The summed E-state index contributed by atoms with van der Waals surface area (Å²) in [6, 6.07) is 1.90. The second-order valence-corrected chi connectivity index (χ2v) is 4.36. The van der Waals surface area contributed by atoms with Gasteiger partial charge in [0.25, 0.3) is 0 Å². The maximum Gasteiger partial charge on any atom is 0.102 e. The number of aromatic nitrogens is 5. The third-order valence-electron chi connectivity index (χ3n) is 2.32. The highest BCUT2D eigenvalue weighted by Gasteiger charge is 2.17. The summed E-state index contributed by atoms with van der Waals surface area (Å²) in [5.74, 6) is 0. The molecule has 2 rings (SSSR count). The van der Waals surface area contributed by atoms with Crippen LogP contribution in [-0.2, 0) is 18.6 Å². The van der Waals surface area contributed by atoms with Crippen LogP contribution in [0.25, 0.3) is 0 Å². The molecule has 0 spiro atoms. The van der Waals surface area contributed by atoms with E-state index in [2.05, 4.69) is 15.4 Å². The van der Waals surface area contributed by atoms with Crippen molar-refractivity contribution in [3.63, 3.8) is 0 Å². The fourth-order valence-corrected chi connectivity index (χ4v) is 1.34. The van der Waals surface area contributed by atoms with Gasteiger partial charge in [-0.25, -0.2) is 0 Å². The van der Waals surface area contributed by atoms with Crippen molar-refractivity contribution in [3.8, 4) is 0 Å². The zero-order valence-electron chi connectivity index (χ0n) is 9.54. The van der Waals surface area contributed by atoms with Crippen LogP contribution < -0.4 is 5.73 Å². The molecule has 0 bridgehead atoms. The van der Waals surface area contributed by atoms with Crippen LogP contribution in [0.1, 0.15) is 19.5 Å². The van der Waals surface area contributed by atoms with Crippen LogP contribution in [0, 0.1) is 0 Å². The first kappa shape index (κ1) is 10.8. The summed E-state index contributed by atoms with van der Waals surface area (Å²) in [4.78, 5) is 0. The van der Waals surface area contributed by atoms with Crippen LogP contribution in [0.15, 0.2) is 24.7 Å². The van der Waals surface area contributed by atoms with Crippen molar-refractivity contribution in [1.29, 1.82) is 0 Å². The van der Waals surface area contributed by atoms with E-state index in [4.69, 9.17) is 5.73 Å². The van der Waals surface area contributed by atoms with Gasteiger partial charge in [-0.15, -0.1) is 5.10 Å². The molecule has 0 fully saturated rings. The Morgan fingerprint density at radius 2 is 2.06 bits per heavy atom. The van der Waals surface area contributed by atoms with E-state index in [-0.39, 0.29) is 0 Å². The standard InChI is InChI=1S/C10H16N6/c1-10(2,11)9-8-16(14-13-9)7-6-15-5-3-4-12-15/h3-5,8H,6-7,11H2,1-2H3. The fraction of sp³-hybridized carbons (Fsp3) is 0.500. The second-order valence-electron chi connectivity index (χ2n) is 4.36.